The summed E-state index contributed by atoms with van der Waals surface area (Å²) in [5, 5.41) is 0. The van der Waals surface area contributed by atoms with E-state index in [0.29, 0.717) is 13.1 Å². The minimum Gasteiger partial charge on any atom is -0.444 e. The van der Waals surface area contributed by atoms with Gasteiger partial charge in [0.2, 0.25) is 0 Å². The number of carbonyl (C=O) groups is 2. The highest BCUT2D eigenvalue weighted by molar-refractivity contribution is 14.2. The molecule has 7 heteroatoms. The molecule has 2 unspecified atom stereocenters. The minimum absolute atomic E-state index is 0.0531. The van der Waals surface area contributed by atoms with E-state index in [1.807, 2.05) is 47.6 Å². The minimum atomic E-state index is -0.502. The number of hydrogen-bond acceptors (Lipinski definition) is 4. The molecule has 0 radical (unpaired) electrons. The number of amides is 2. The Labute approximate surface area is 158 Å². The molecule has 25 heavy (non-hydrogen) atoms. The van der Waals surface area contributed by atoms with Gasteiger partial charge in [-0.05, 0) is 56.2 Å². The maximum atomic E-state index is 12.9. The molecule has 3 heterocycles. The first-order valence-corrected chi connectivity index (χ1v) is 10.9. The zero-order valence-electron chi connectivity index (χ0n) is 15.2. The van der Waals surface area contributed by atoms with Gasteiger partial charge in [0, 0.05) is 18.7 Å². The van der Waals surface area contributed by atoms with Crippen molar-refractivity contribution >= 4 is 36.7 Å². The second-order valence-electron chi connectivity index (χ2n) is 7.83. The van der Waals surface area contributed by atoms with Crippen LogP contribution in [0.3, 0.4) is 0 Å². The molecule has 3 rings (SSSR count). The molecule has 0 aromatic heterocycles. The van der Waals surface area contributed by atoms with Crippen LogP contribution >= 0.6 is 20.7 Å². The number of fused-ring (bicyclic) bond motifs is 2. The van der Waals surface area contributed by atoms with Gasteiger partial charge in [-0.15, -0.1) is 0 Å². The number of likely N-dealkylation sites (tertiary alicyclic amines) is 1. The van der Waals surface area contributed by atoms with Gasteiger partial charge in [0.1, 0.15) is 5.60 Å². The summed E-state index contributed by atoms with van der Waals surface area (Å²) < 4.78 is 8.46. The van der Waals surface area contributed by atoms with Gasteiger partial charge in [0.15, 0.2) is 0 Å². The average Bonchev–Trinajstić information content (AvgIpc) is 2.75. The Kier molecular flexibility index (Phi) is 4.96. The summed E-state index contributed by atoms with van der Waals surface area (Å²) in [5.74, 6) is 0.0710. The van der Waals surface area contributed by atoms with Crippen LogP contribution in [-0.4, -0.2) is 56.6 Å². The van der Waals surface area contributed by atoms with Crippen LogP contribution in [-0.2, 0) is 9.53 Å². The van der Waals surface area contributed by atoms with Crippen molar-refractivity contribution in [2.75, 3.05) is 13.1 Å². The van der Waals surface area contributed by atoms with Crippen molar-refractivity contribution in [1.29, 1.82) is 0 Å². The maximum absolute atomic E-state index is 12.9. The van der Waals surface area contributed by atoms with Gasteiger partial charge >= 0.3 is 6.09 Å². The molecular formula is C18H26IN3O3. The topological polar surface area (TPSA) is 75.9 Å². The van der Waals surface area contributed by atoms with Crippen molar-refractivity contribution in [2.24, 2.45) is 5.73 Å². The zero-order chi connectivity index (χ0) is 18.4. The van der Waals surface area contributed by atoms with E-state index < -0.39 is 26.3 Å². The van der Waals surface area contributed by atoms with E-state index in [2.05, 4.69) is 0 Å². The normalized spacial score (nSPS) is 26.3. The number of nitrogens with zero attached hydrogens (tertiary/aromatic N) is 2. The van der Waals surface area contributed by atoms with Gasteiger partial charge in [-0.1, -0.05) is 20.7 Å². The molecule has 0 saturated carbocycles. The molecule has 2 saturated heterocycles. The van der Waals surface area contributed by atoms with Crippen molar-refractivity contribution < 1.29 is 14.3 Å². The van der Waals surface area contributed by atoms with Crippen LogP contribution in [0.25, 0.3) is 0 Å². The number of piperazine rings is 1. The maximum Gasteiger partial charge on any atom is 0.410 e. The smallest absolute Gasteiger partial charge is 0.410 e. The lowest BCUT2D eigenvalue weighted by atomic mass is 10.1. The lowest BCUT2D eigenvalue weighted by molar-refractivity contribution is -0.129. The molecule has 2 amide bonds. The molecule has 3 aliphatic heterocycles. The van der Waals surface area contributed by atoms with E-state index in [9.17, 15) is 9.59 Å². The lowest BCUT2D eigenvalue weighted by Crippen LogP contribution is -2.58. The molecule has 0 spiro atoms. The summed E-state index contributed by atoms with van der Waals surface area (Å²) >= 11 is -0.390. The second kappa shape index (κ2) is 6.74. The van der Waals surface area contributed by atoms with Gasteiger partial charge in [0.05, 0.1) is 15.8 Å². The molecule has 3 aliphatic rings. The highest BCUT2D eigenvalue weighted by Gasteiger charge is 2.45. The number of hydrogen-bond donors (Lipinski definition) is 1. The Balaban J connectivity index is 1.72. The molecule has 6 nitrogen and oxygen atoms in total. The van der Waals surface area contributed by atoms with Crippen molar-refractivity contribution in [3.8, 4) is 0 Å². The Morgan fingerprint density at radius 2 is 1.84 bits per heavy atom. The predicted octanol–water partition coefficient (Wildman–Crippen LogP) is 2.50. The monoisotopic (exact) mass is 459 g/mol. The van der Waals surface area contributed by atoms with E-state index in [-0.39, 0.29) is 24.1 Å². The second-order valence-corrected chi connectivity index (χ2v) is 10.3. The molecule has 2 bridgehead atoms. The zero-order valence-corrected chi connectivity index (χ0v) is 17.4. The first-order chi connectivity index (χ1) is 11.7. The van der Waals surface area contributed by atoms with Crippen LogP contribution in [0, 0.1) is 0 Å². The van der Waals surface area contributed by atoms with Crippen LogP contribution in [0.1, 0.15) is 40.5 Å². The summed E-state index contributed by atoms with van der Waals surface area (Å²) in [4.78, 5) is 29.2. The number of rotatable bonds is 1. The standard InChI is InChI=1S/C18H26IN3O3/c1-11-7-15(20)19-8-14(11)16(23)21-9-12-5-6-13(10-21)22(12)17(24)25-18(2,3)4/h7-8,12-13H,5-6,9-10,20H2,1-4H3. The Bertz CT molecular complexity index is 676. The first kappa shape index (κ1) is 18.4. The van der Waals surface area contributed by atoms with Crippen molar-refractivity contribution in [3.05, 3.63) is 20.9 Å². The van der Waals surface area contributed by atoms with E-state index in [1.165, 1.54) is 0 Å². The number of ether oxygens (including phenoxy) is 1. The van der Waals surface area contributed by atoms with E-state index >= 15 is 0 Å². The third-order valence-electron chi connectivity index (χ3n) is 4.67. The highest BCUT2D eigenvalue weighted by atomic mass is 127. The average molecular weight is 459 g/mol. The van der Waals surface area contributed by atoms with Gasteiger partial charge in [-0.25, -0.2) is 4.79 Å². The molecule has 2 N–H and O–H groups in total. The van der Waals surface area contributed by atoms with Crippen molar-refractivity contribution in [3.63, 3.8) is 0 Å². The Morgan fingerprint density at radius 3 is 2.36 bits per heavy atom. The first-order valence-electron chi connectivity index (χ1n) is 8.61. The largest absolute Gasteiger partial charge is 0.444 e. The number of allylic oxidation sites excluding steroid dienone is 2. The summed E-state index contributed by atoms with van der Waals surface area (Å²) in [7, 11) is 0. The molecule has 2 atom stereocenters. The van der Waals surface area contributed by atoms with Crippen molar-refractivity contribution in [2.45, 2.75) is 58.2 Å². The molecule has 2 fully saturated rings. The highest BCUT2D eigenvalue weighted by Crippen LogP contribution is 2.33. The van der Waals surface area contributed by atoms with Crippen LogP contribution in [0.2, 0.25) is 0 Å². The fraction of sp³-hybridized carbons (Fsp3) is 0.611. The van der Waals surface area contributed by atoms with Crippen LogP contribution < -0.4 is 5.73 Å². The quantitative estimate of drug-likeness (QED) is 0.483. The number of carbonyl (C=O) groups excluding carboxylic acids is 2. The van der Waals surface area contributed by atoms with Crippen LogP contribution in [0.5, 0.6) is 0 Å². The third-order valence-corrected chi connectivity index (χ3v) is 6.64. The van der Waals surface area contributed by atoms with Gasteiger partial charge in [-0.3, -0.25) is 9.69 Å². The number of nitrogens with two attached hydrogens (primary N) is 1. The fourth-order valence-electron chi connectivity index (χ4n) is 3.59. The number of halogens is 1. The lowest BCUT2D eigenvalue weighted by Gasteiger charge is -2.41. The molecule has 0 aliphatic carbocycles. The molecular weight excluding hydrogens is 433 g/mol. The van der Waals surface area contributed by atoms with E-state index in [0.717, 1.165) is 27.7 Å². The molecule has 0 aromatic carbocycles. The summed E-state index contributed by atoms with van der Waals surface area (Å²) in [6, 6.07) is 0.106. The summed E-state index contributed by atoms with van der Waals surface area (Å²) in [5.41, 5.74) is 7.11. The SMILES string of the molecule is CC1=C(C(=O)N2CC3CCC(C2)N3C(=O)OC(C)(C)C)C=IC(N)=C1. The fourth-order valence-corrected chi connectivity index (χ4v) is 5.66. The molecule has 0 aromatic rings. The summed E-state index contributed by atoms with van der Waals surface area (Å²) in [6.07, 6.45) is 3.52. The predicted molar refractivity (Wildman–Crippen MR) is 107 cm³/mol. The third kappa shape index (κ3) is 3.91. The van der Waals surface area contributed by atoms with Gasteiger partial charge in [-0.2, -0.15) is 0 Å². The van der Waals surface area contributed by atoms with E-state index in [4.69, 9.17) is 10.5 Å². The van der Waals surface area contributed by atoms with Crippen LogP contribution in [0.15, 0.2) is 20.9 Å². The van der Waals surface area contributed by atoms with E-state index in [1.54, 1.807) is 0 Å². The summed E-state index contributed by atoms with van der Waals surface area (Å²) in [6.45, 7) is 8.73. The Morgan fingerprint density at radius 1 is 1.24 bits per heavy atom. The van der Waals surface area contributed by atoms with Gasteiger partial charge in [0.25, 0.3) is 5.91 Å². The van der Waals surface area contributed by atoms with Crippen molar-refractivity contribution in [1.82, 2.24) is 9.80 Å². The Hall–Kier alpha value is -1.38. The molecule has 138 valence electrons. The van der Waals surface area contributed by atoms with Crippen LogP contribution in [0.4, 0.5) is 4.79 Å². The van der Waals surface area contributed by atoms with Gasteiger partial charge < -0.3 is 15.4 Å².